The Morgan fingerprint density at radius 3 is 2.00 bits per heavy atom. The summed E-state index contributed by atoms with van der Waals surface area (Å²) in [6.45, 7) is 12.7. The summed E-state index contributed by atoms with van der Waals surface area (Å²) in [6.07, 6.45) is 2.32. The topological polar surface area (TPSA) is 24.9 Å². The van der Waals surface area contributed by atoms with Gasteiger partial charge in [0.25, 0.3) is 0 Å². The molecule has 0 bridgehead atoms. The van der Waals surface area contributed by atoms with Crippen molar-refractivity contribution in [3.05, 3.63) is 11.3 Å². The van der Waals surface area contributed by atoms with Crippen LogP contribution in [0.4, 0.5) is 0 Å². The number of rotatable bonds is 6. The van der Waals surface area contributed by atoms with E-state index in [2.05, 4.69) is 29.7 Å². The Morgan fingerprint density at radius 1 is 1.05 bits per heavy atom. The summed E-state index contributed by atoms with van der Waals surface area (Å²) in [5.74, 6) is 0.750. The zero-order chi connectivity index (χ0) is 14.2. The third-order valence-corrected chi connectivity index (χ3v) is 10.3. The molecule has 20 heavy (non-hydrogen) atoms. The summed E-state index contributed by atoms with van der Waals surface area (Å²) in [7, 11) is -0.0261. The van der Waals surface area contributed by atoms with Crippen LogP contribution in [0.25, 0.3) is 0 Å². The summed E-state index contributed by atoms with van der Waals surface area (Å²) in [5.41, 5.74) is 1.55. The third kappa shape index (κ3) is 5.09. The maximum atomic E-state index is 5.53. The molecule has 116 valence electrons. The first-order chi connectivity index (χ1) is 9.81. The van der Waals surface area contributed by atoms with Gasteiger partial charge in [-0.05, 0) is 13.8 Å². The van der Waals surface area contributed by atoms with Gasteiger partial charge in [-0.2, -0.15) is 0 Å². The van der Waals surface area contributed by atoms with Gasteiger partial charge in [0.1, 0.15) is 0 Å². The van der Waals surface area contributed by atoms with Crippen LogP contribution in [0.3, 0.4) is 0 Å². The minimum atomic E-state index is -0.0549. The Labute approximate surface area is 128 Å². The van der Waals surface area contributed by atoms with Crippen LogP contribution in [-0.4, -0.2) is 87.2 Å². The van der Waals surface area contributed by atoms with Gasteiger partial charge in [0.2, 0.25) is 0 Å². The van der Waals surface area contributed by atoms with Gasteiger partial charge in [-0.1, -0.05) is 16.9 Å². The van der Waals surface area contributed by atoms with Crippen molar-refractivity contribution in [3.63, 3.8) is 0 Å². The van der Waals surface area contributed by atoms with E-state index in [0.29, 0.717) is 0 Å². The molecule has 2 aliphatic heterocycles. The largest absolute Gasteiger partial charge is 0.379 e. The molecular formula is C14H30N2O2Si2. The lowest BCUT2D eigenvalue weighted by Gasteiger charge is -2.43. The van der Waals surface area contributed by atoms with E-state index in [1.807, 2.05) is 0 Å². The van der Waals surface area contributed by atoms with Crippen LogP contribution in [0, 0.1) is 0 Å². The van der Waals surface area contributed by atoms with Gasteiger partial charge in [0.15, 0.2) is 0 Å². The van der Waals surface area contributed by atoms with E-state index in [0.717, 1.165) is 58.4 Å². The maximum Gasteiger partial charge on any atom is 0.0594 e. The molecule has 0 N–H and O–H groups in total. The third-order valence-electron chi connectivity index (χ3n) is 4.46. The van der Waals surface area contributed by atoms with Gasteiger partial charge in [-0.3, -0.25) is 9.80 Å². The number of hydrogen-bond donors (Lipinski definition) is 0. The van der Waals surface area contributed by atoms with Crippen LogP contribution < -0.4 is 0 Å². The highest BCUT2D eigenvalue weighted by Gasteiger charge is 2.27. The van der Waals surface area contributed by atoms with Gasteiger partial charge < -0.3 is 9.47 Å². The lowest BCUT2D eigenvalue weighted by atomic mass is 10.4. The first-order valence-electron chi connectivity index (χ1n) is 8.06. The zero-order valence-electron chi connectivity index (χ0n) is 13.1. The van der Waals surface area contributed by atoms with Crippen LogP contribution >= 0.6 is 0 Å². The predicted octanol–water partition coefficient (Wildman–Crippen LogP) is -0.428. The second-order valence-corrected chi connectivity index (χ2v) is 11.6. The number of allylic oxidation sites excluding steroid dienone is 2. The monoisotopic (exact) mass is 314 g/mol. The number of hydrogen-bond acceptors (Lipinski definition) is 4. The molecule has 0 spiro atoms. The van der Waals surface area contributed by atoms with E-state index < -0.39 is 0 Å². The van der Waals surface area contributed by atoms with Crippen molar-refractivity contribution in [1.82, 2.24) is 9.80 Å². The van der Waals surface area contributed by atoms with E-state index in [1.165, 1.54) is 0 Å². The molecule has 0 amide bonds. The normalized spacial score (nSPS) is 24.6. The first-order valence-corrected chi connectivity index (χ1v) is 11.6. The van der Waals surface area contributed by atoms with Crippen LogP contribution in [0.15, 0.2) is 11.3 Å². The minimum Gasteiger partial charge on any atom is -0.379 e. The fraction of sp³-hybridized carbons (Fsp3) is 0.857. The van der Waals surface area contributed by atoms with Crippen LogP contribution in [0.5, 0.6) is 0 Å². The summed E-state index contributed by atoms with van der Waals surface area (Å²) < 4.78 is 11.1. The molecule has 0 aromatic rings. The van der Waals surface area contributed by atoms with E-state index in [-0.39, 0.29) is 19.0 Å². The van der Waals surface area contributed by atoms with Gasteiger partial charge >= 0.3 is 0 Å². The van der Waals surface area contributed by atoms with Crippen molar-refractivity contribution in [2.75, 3.05) is 52.6 Å². The molecule has 2 aliphatic rings. The second kappa shape index (κ2) is 9.12. The molecule has 0 unspecified atom stereocenters. The molecule has 0 aromatic carbocycles. The molecule has 0 atom stereocenters. The highest BCUT2D eigenvalue weighted by molar-refractivity contribution is 6.61. The molecule has 0 saturated carbocycles. The Bertz CT molecular complexity index is 286. The van der Waals surface area contributed by atoms with Crippen molar-refractivity contribution in [2.45, 2.75) is 25.3 Å². The molecule has 4 nitrogen and oxygen atoms in total. The minimum absolute atomic E-state index is 0.0288. The highest BCUT2D eigenvalue weighted by Crippen LogP contribution is 2.12. The summed E-state index contributed by atoms with van der Waals surface area (Å²) in [6, 6.07) is 0. The molecule has 6 heteroatoms. The molecule has 2 rings (SSSR count). The van der Waals surface area contributed by atoms with Crippen LogP contribution in [0.2, 0.25) is 5.67 Å². The second-order valence-electron chi connectivity index (χ2n) is 5.80. The fourth-order valence-electron chi connectivity index (χ4n) is 3.05. The van der Waals surface area contributed by atoms with Gasteiger partial charge in [0, 0.05) is 41.5 Å². The quantitative estimate of drug-likeness (QED) is 0.621. The highest BCUT2D eigenvalue weighted by atomic mass is 28.3. The van der Waals surface area contributed by atoms with E-state index in [1.54, 1.807) is 10.9 Å². The van der Waals surface area contributed by atoms with Gasteiger partial charge in [-0.15, -0.1) is 0 Å². The zero-order valence-corrected chi connectivity index (χ0v) is 16.0. The molecule has 2 heterocycles. The Hall–Kier alpha value is 0.0138. The van der Waals surface area contributed by atoms with Crippen molar-refractivity contribution in [2.24, 2.45) is 0 Å². The van der Waals surface area contributed by atoms with Gasteiger partial charge in [-0.25, -0.2) is 0 Å². The van der Waals surface area contributed by atoms with Crippen molar-refractivity contribution in [1.29, 1.82) is 0 Å². The Balaban J connectivity index is 1.88. The summed E-state index contributed by atoms with van der Waals surface area (Å²) in [5, 5.41) is 1.68. The van der Waals surface area contributed by atoms with E-state index in [9.17, 15) is 0 Å². The molecule has 0 radical (unpaired) electrons. The molecular weight excluding hydrogens is 284 g/mol. The van der Waals surface area contributed by atoms with Crippen molar-refractivity contribution in [3.8, 4) is 0 Å². The maximum absolute atomic E-state index is 5.53. The van der Waals surface area contributed by atoms with E-state index >= 15 is 0 Å². The van der Waals surface area contributed by atoms with Crippen molar-refractivity contribution >= 4 is 19.0 Å². The predicted molar refractivity (Wildman–Crippen MR) is 89.9 cm³/mol. The SMILES string of the molecule is CC=C(C)[SiH2]C[SiH2]C(N1CCOCC1)N1CCOCC1. The molecule has 2 saturated heterocycles. The standard InChI is InChI=1S/C14H30N2O2Si2/c1-3-13(2)19-12-20-14(15-4-8-17-9-5-15)16-6-10-18-11-7-16/h3,14H,4-12,19-20H2,1-2H3. The number of morpholine rings is 2. The average Bonchev–Trinajstić information content (AvgIpc) is 2.53. The van der Waals surface area contributed by atoms with Crippen molar-refractivity contribution < 1.29 is 9.47 Å². The summed E-state index contributed by atoms with van der Waals surface area (Å²) >= 11 is 0. The van der Waals surface area contributed by atoms with E-state index in [4.69, 9.17) is 9.47 Å². The number of nitrogens with zero attached hydrogens (tertiary/aromatic N) is 2. The Kier molecular flexibility index (Phi) is 7.47. The molecule has 0 aliphatic carbocycles. The number of ether oxygens (including phenoxy) is 2. The van der Waals surface area contributed by atoms with Crippen LogP contribution in [0.1, 0.15) is 13.8 Å². The lowest BCUT2D eigenvalue weighted by Crippen LogP contribution is -2.58. The van der Waals surface area contributed by atoms with Gasteiger partial charge in [0.05, 0.1) is 35.9 Å². The fourth-order valence-corrected chi connectivity index (χ4v) is 9.31. The first kappa shape index (κ1) is 16.4. The molecule has 0 aromatic heterocycles. The lowest BCUT2D eigenvalue weighted by molar-refractivity contribution is -0.0390. The smallest absolute Gasteiger partial charge is 0.0594 e. The molecule has 2 fully saturated rings. The van der Waals surface area contributed by atoms with Crippen LogP contribution in [-0.2, 0) is 9.47 Å². The Morgan fingerprint density at radius 2 is 1.55 bits per heavy atom. The summed E-state index contributed by atoms with van der Waals surface area (Å²) in [4.78, 5) is 5.39. The average molecular weight is 315 g/mol.